The highest BCUT2D eigenvalue weighted by Crippen LogP contribution is 2.32. The van der Waals surface area contributed by atoms with Gasteiger partial charge < -0.3 is 20.1 Å². The van der Waals surface area contributed by atoms with Gasteiger partial charge in [-0.05, 0) is 41.3 Å². The van der Waals surface area contributed by atoms with Crippen molar-refractivity contribution in [1.82, 2.24) is 15.2 Å². The molecule has 27 heavy (non-hydrogen) atoms. The second kappa shape index (κ2) is 7.49. The maximum absolute atomic E-state index is 5.40. The third kappa shape index (κ3) is 4.08. The van der Waals surface area contributed by atoms with Gasteiger partial charge in [-0.1, -0.05) is 32.0 Å². The minimum Gasteiger partial charge on any atom is -0.454 e. The highest BCUT2D eigenvalue weighted by molar-refractivity contribution is 5.56. The normalized spacial score (nSPS) is 12.3. The van der Waals surface area contributed by atoms with Crippen molar-refractivity contribution in [2.24, 2.45) is 0 Å². The highest BCUT2D eigenvalue weighted by Gasteiger charge is 2.13. The smallest absolute Gasteiger partial charge is 0.244 e. The second-order valence-corrected chi connectivity index (χ2v) is 6.61. The quantitative estimate of drug-likeness (QED) is 0.683. The molecular formula is C20H21N5O2. The Morgan fingerprint density at radius 1 is 1.04 bits per heavy atom. The van der Waals surface area contributed by atoms with Gasteiger partial charge in [-0.3, -0.25) is 0 Å². The molecule has 0 bridgehead atoms. The van der Waals surface area contributed by atoms with E-state index in [2.05, 4.69) is 51.8 Å². The number of ether oxygens (including phenoxy) is 2. The first-order chi connectivity index (χ1) is 13.2. The Morgan fingerprint density at radius 2 is 1.85 bits per heavy atom. The van der Waals surface area contributed by atoms with E-state index < -0.39 is 0 Å². The summed E-state index contributed by atoms with van der Waals surface area (Å²) in [5.74, 6) is 3.12. The zero-order valence-corrected chi connectivity index (χ0v) is 15.3. The molecule has 2 N–H and O–H groups in total. The van der Waals surface area contributed by atoms with E-state index in [9.17, 15) is 0 Å². The second-order valence-electron chi connectivity index (χ2n) is 6.61. The van der Waals surface area contributed by atoms with Crippen molar-refractivity contribution in [3.63, 3.8) is 0 Å². The minimum absolute atomic E-state index is 0.269. The summed E-state index contributed by atoms with van der Waals surface area (Å²) in [4.78, 5) is 4.46. The van der Waals surface area contributed by atoms with Crippen LogP contribution < -0.4 is 20.1 Å². The monoisotopic (exact) mass is 363 g/mol. The van der Waals surface area contributed by atoms with Gasteiger partial charge in [0.1, 0.15) is 0 Å². The molecule has 0 amide bonds. The molecular weight excluding hydrogens is 342 g/mol. The lowest BCUT2D eigenvalue weighted by Gasteiger charge is -2.10. The summed E-state index contributed by atoms with van der Waals surface area (Å²) in [6, 6.07) is 14.1. The third-order valence-electron chi connectivity index (χ3n) is 4.30. The molecule has 1 aliphatic rings. The van der Waals surface area contributed by atoms with Crippen molar-refractivity contribution in [2.75, 3.05) is 17.4 Å². The molecule has 2 heterocycles. The Kier molecular flexibility index (Phi) is 4.74. The van der Waals surface area contributed by atoms with Crippen LogP contribution >= 0.6 is 0 Å². The largest absolute Gasteiger partial charge is 0.454 e. The molecule has 0 aliphatic carbocycles. The maximum Gasteiger partial charge on any atom is 0.244 e. The fraction of sp³-hybridized carbons (Fsp3) is 0.250. The Labute approximate surface area is 157 Å². The molecule has 0 fully saturated rings. The molecule has 1 aromatic heterocycles. The number of hydrogen-bond acceptors (Lipinski definition) is 7. The number of aromatic nitrogens is 3. The average molecular weight is 363 g/mol. The molecule has 0 atom stereocenters. The van der Waals surface area contributed by atoms with Crippen molar-refractivity contribution < 1.29 is 9.47 Å². The van der Waals surface area contributed by atoms with Gasteiger partial charge in [0.05, 0.1) is 6.20 Å². The predicted octanol–water partition coefficient (Wildman–Crippen LogP) is 4.08. The number of nitrogens with one attached hydrogen (secondary N) is 2. The van der Waals surface area contributed by atoms with E-state index in [1.807, 2.05) is 30.3 Å². The van der Waals surface area contributed by atoms with E-state index in [1.54, 1.807) is 6.20 Å². The number of nitrogens with zero attached hydrogens (tertiary/aromatic N) is 3. The fourth-order valence-corrected chi connectivity index (χ4v) is 2.77. The van der Waals surface area contributed by atoms with Crippen LogP contribution in [0.1, 0.15) is 30.9 Å². The van der Waals surface area contributed by atoms with Crippen LogP contribution in [-0.2, 0) is 6.54 Å². The average Bonchev–Trinajstić information content (AvgIpc) is 3.15. The lowest BCUT2D eigenvalue weighted by atomic mass is 10.0. The van der Waals surface area contributed by atoms with Crippen molar-refractivity contribution in [3.05, 3.63) is 59.8 Å². The first-order valence-electron chi connectivity index (χ1n) is 8.86. The summed E-state index contributed by atoms with van der Waals surface area (Å²) in [5.41, 5.74) is 3.31. The molecule has 1 aliphatic heterocycles. The Morgan fingerprint density at radius 3 is 2.67 bits per heavy atom. The standard InChI is InChI=1S/C20H21N5O2/c1-13(2)15-4-6-16(7-5-15)23-19-11-22-25-20(24-19)21-10-14-3-8-17-18(9-14)27-12-26-17/h3-9,11,13H,10,12H2,1-2H3,(H2,21,23,24,25). The summed E-state index contributed by atoms with van der Waals surface area (Å²) in [5, 5.41) is 14.5. The molecule has 0 radical (unpaired) electrons. The van der Waals surface area contributed by atoms with Crippen molar-refractivity contribution in [1.29, 1.82) is 0 Å². The predicted molar refractivity (Wildman–Crippen MR) is 104 cm³/mol. The lowest BCUT2D eigenvalue weighted by molar-refractivity contribution is 0.174. The van der Waals surface area contributed by atoms with Crippen LogP contribution in [0, 0.1) is 0 Å². The van der Waals surface area contributed by atoms with Crippen LogP contribution in [0.25, 0.3) is 0 Å². The molecule has 4 rings (SSSR count). The van der Waals surface area contributed by atoms with Crippen LogP contribution in [0.4, 0.5) is 17.5 Å². The van der Waals surface area contributed by atoms with E-state index in [4.69, 9.17) is 9.47 Å². The van der Waals surface area contributed by atoms with Crippen LogP contribution in [0.3, 0.4) is 0 Å². The van der Waals surface area contributed by atoms with Crippen LogP contribution in [-0.4, -0.2) is 22.0 Å². The van der Waals surface area contributed by atoms with Gasteiger partial charge in [-0.2, -0.15) is 10.1 Å². The topological polar surface area (TPSA) is 81.2 Å². The van der Waals surface area contributed by atoms with Gasteiger partial charge in [-0.15, -0.1) is 5.10 Å². The Bertz CT molecular complexity index is 928. The third-order valence-corrected chi connectivity index (χ3v) is 4.30. The molecule has 7 nitrogen and oxygen atoms in total. The molecule has 7 heteroatoms. The van der Waals surface area contributed by atoms with E-state index in [1.165, 1.54) is 5.56 Å². The van der Waals surface area contributed by atoms with Crippen LogP contribution in [0.5, 0.6) is 11.5 Å². The van der Waals surface area contributed by atoms with E-state index in [-0.39, 0.29) is 6.79 Å². The minimum atomic E-state index is 0.269. The Hall–Kier alpha value is -3.35. The van der Waals surface area contributed by atoms with Crippen molar-refractivity contribution >= 4 is 17.5 Å². The molecule has 0 unspecified atom stereocenters. The number of benzene rings is 2. The first-order valence-corrected chi connectivity index (χ1v) is 8.86. The number of fused-ring (bicyclic) bond motifs is 1. The molecule has 2 aromatic carbocycles. The SMILES string of the molecule is CC(C)c1ccc(Nc2cnnc(NCc3ccc4c(c3)OCO4)n2)cc1. The molecule has 0 spiro atoms. The van der Waals surface area contributed by atoms with E-state index in [0.717, 1.165) is 22.7 Å². The summed E-state index contributed by atoms with van der Waals surface area (Å²) in [6.07, 6.45) is 1.60. The zero-order valence-electron chi connectivity index (χ0n) is 15.3. The molecule has 0 saturated carbocycles. The first kappa shape index (κ1) is 17.1. The molecule has 3 aromatic rings. The maximum atomic E-state index is 5.40. The molecule has 138 valence electrons. The van der Waals surface area contributed by atoms with Crippen LogP contribution in [0.15, 0.2) is 48.7 Å². The fourth-order valence-electron chi connectivity index (χ4n) is 2.77. The summed E-state index contributed by atoms with van der Waals surface area (Å²) >= 11 is 0. The summed E-state index contributed by atoms with van der Waals surface area (Å²) in [7, 11) is 0. The van der Waals surface area contributed by atoms with Gasteiger partial charge in [0, 0.05) is 12.2 Å². The number of anilines is 3. The number of hydrogen-bond donors (Lipinski definition) is 2. The number of rotatable bonds is 6. The van der Waals surface area contributed by atoms with E-state index in [0.29, 0.717) is 24.2 Å². The van der Waals surface area contributed by atoms with Crippen molar-refractivity contribution in [2.45, 2.75) is 26.3 Å². The van der Waals surface area contributed by atoms with Gasteiger partial charge in [-0.25, -0.2) is 0 Å². The van der Waals surface area contributed by atoms with Gasteiger partial charge in [0.15, 0.2) is 17.3 Å². The van der Waals surface area contributed by atoms with Gasteiger partial charge in [0.25, 0.3) is 0 Å². The summed E-state index contributed by atoms with van der Waals surface area (Å²) < 4.78 is 10.7. The van der Waals surface area contributed by atoms with E-state index >= 15 is 0 Å². The zero-order chi connectivity index (χ0) is 18.6. The lowest BCUT2D eigenvalue weighted by Crippen LogP contribution is -2.06. The Balaban J connectivity index is 1.40. The van der Waals surface area contributed by atoms with Crippen molar-refractivity contribution in [3.8, 4) is 11.5 Å². The highest BCUT2D eigenvalue weighted by atomic mass is 16.7. The van der Waals surface area contributed by atoms with Gasteiger partial charge in [0.2, 0.25) is 12.7 Å². The summed E-state index contributed by atoms with van der Waals surface area (Å²) in [6.45, 7) is 5.18. The molecule has 0 saturated heterocycles. The van der Waals surface area contributed by atoms with Gasteiger partial charge >= 0.3 is 0 Å². The van der Waals surface area contributed by atoms with Crippen LogP contribution in [0.2, 0.25) is 0 Å².